The van der Waals surface area contributed by atoms with Crippen LogP contribution in [0.3, 0.4) is 0 Å². The number of aromatic amines is 1. The number of anilines is 1. The van der Waals surface area contributed by atoms with Crippen molar-refractivity contribution in [3.05, 3.63) is 70.3 Å². The zero-order valence-corrected chi connectivity index (χ0v) is 11.0. The number of hydrogen-bond donors (Lipinski definition) is 2. The number of H-pyrrole nitrogens is 1. The molecule has 0 aliphatic rings. The van der Waals surface area contributed by atoms with Crippen molar-refractivity contribution in [2.45, 2.75) is 12.8 Å². The van der Waals surface area contributed by atoms with Crippen LogP contribution in [0, 0.1) is 0 Å². The summed E-state index contributed by atoms with van der Waals surface area (Å²) < 4.78 is 0. The van der Waals surface area contributed by atoms with E-state index in [0.29, 0.717) is 17.6 Å². The summed E-state index contributed by atoms with van der Waals surface area (Å²) in [6.45, 7) is 0. The van der Waals surface area contributed by atoms with Gasteiger partial charge in [0.15, 0.2) is 0 Å². The molecule has 4 nitrogen and oxygen atoms in total. The van der Waals surface area contributed by atoms with Crippen LogP contribution in [0.15, 0.2) is 53.3 Å². The van der Waals surface area contributed by atoms with Gasteiger partial charge >= 0.3 is 0 Å². The quantitative estimate of drug-likeness (QED) is 0.714. The van der Waals surface area contributed by atoms with E-state index < -0.39 is 0 Å². The number of rotatable bonds is 3. The van der Waals surface area contributed by atoms with Gasteiger partial charge in [-0.2, -0.15) is 0 Å². The molecule has 3 N–H and O–H groups in total. The van der Waals surface area contributed by atoms with Crippen molar-refractivity contribution >= 4 is 16.6 Å². The van der Waals surface area contributed by atoms with Crippen LogP contribution in [0.1, 0.15) is 11.4 Å². The predicted octanol–water partition coefficient (Wildman–Crippen LogP) is 2.29. The highest BCUT2D eigenvalue weighted by Crippen LogP contribution is 2.10. The first-order chi connectivity index (χ1) is 9.72. The zero-order valence-electron chi connectivity index (χ0n) is 11.0. The average molecular weight is 265 g/mol. The van der Waals surface area contributed by atoms with Crippen molar-refractivity contribution in [3.8, 4) is 0 Å². The van der Waals surface area contributed by atoms with E-state index in [1.54, 1.807) is 6.07 Å². The van der Waals surface area contributed by atoms with Gasteiger partial charge in [-0.15, -0.1) is 0 Å². The third kappa shape index (κ3) is 2.54. The van der Waals surface area contributed by atoms with Crippen molar-refractivity contribution < 1.29 is 0 Å². The SMILES string of the molecule is Nc1cccc(CCc2nc3ccccc3c(=O)[nH]2)c1. The molecule has 0 atom stereocenters. The van der Waals surface area contributed by atoms with Crippen LogP contribution >= 0.6 is 0 Å². The minimum Gasteiger partial charge on any atom is -0.399 e. The standard InChI is InChI=1S/C16H15N3O/c17-12-5-3-4-11(10-12)8-9-15-18-14-7-2-1-6-13(14)16(20)19-15/h1-7,10H,8-9,17H2,(H,18,19,20). The molecule has 0 spiro atoms. The average Bonchev–Trinajstić information content (AvgIpc) is 2.45. The van der Waals surface area contributed by atoms with E-state index in [1.807, 2.05) is 42.5 Å². The molecule has 100 valence electrons. The Kier molecular flexibility index (Phi) is 3.21. The Morgan fingerprint density at radius 1 is 1.05 bits per heavy atom. The van der Waals surface area contributed by atoms with E-state index >= 15 is 0 Å². The summed E-state index contributed by atoms with van der Waals surface area (Å²) in [5.74, 6) is 0.705. The minimum absolute atomic E-state index is 0.0850. The molecule has 0 amide bonds. The fourth-order valence-electron chi connectivity index (χ4n) is 2.26. The van der Waals surface area contributed by atoms with Gasteiger partial charge in [0.25, 0.3) is 5.56 Å². The minimum atomic E-state index is -0.0850. The Bertz CT molecular complexity index is 808. The van der Waals surface area contributed by atoms with Gasteiger partial charge in [-0.1, -0.05) is 24.3 Å². The summed E-state index contributed by atoms with van der Waals surface area (Å²) in [6.07, 6.45) is 1.48. The Labute approximate surface area is 116 Å². The molecular weight excluding hydrogens is 250 g/mol. The van der Waals surface area contributed by atoms with Crippen molar-refractivity contribution in [2.75, 3.05) is 5.73 Å². The third-order valence-corrected chi connectivity index (χ3v) is 3.26. The first kappa shape index (κ1) is 12.4. The lowest BCUT2D eigenvalue weighted by atomic mass is 10.1. The summed E-state index contributed by atoms with van der Waals surface area (Å²) in [4.78, 5) is 19.3. The molecule has 0 radical (unpaired) electrons. The highest BCUT2D eigenvalue weighted by atomic mass is 16.1. The van der Waals surface area contributed by atoms with Crippen LogP contribution < -0.4 is 11.3 Å². The van der Waals surface area contributed by atoms with Gasteiger partial charge in [-0.3, -0.25) is 4.79 Å². The molecule has 0 saturated carbocycles. The monoisotopic (exact) mass is 265 g/mol. The number of nitrogens with zero attached hydrogens (tertiary/aromatic N) is 1. The fraction of sp³-hybridized carbons (Fsp3) is 0.125. The van der Waals surface area contributed by atoms with Crippen LogP contribution in [-0.2, 0) is 12.8 Å². The lowest BCUT2D eigenvalue weighted by molar-refractivity contribution is 0.861. The van der Waals surface area contributed by atoms with Gasteiger partial charge in [0.05, 0.1) is 10.9 Å². The van der Waals surface area contributed by atoms with E-state index in [-0.39, 0.29) is 5.56 Å². The summed E-state index contributed by atoms with van der Waals surface area (Å²) in [7, 11) is 0. The van der Waals surface area contributed by atoms with E-state index in [1.165, 1.54) is 0 Å². The molecule has 1 heterocycles. The smallest absolute Gasteiger partial charge is 0.258 e. The molecule has 0 aliphatic heterocycles. The van der Waals surface area contributed by atoms with Gasteiger partial charge in [-0.25, -0.2) is 4.98 Å². The number of nitrogens with two attached hydrogens (primary N) is 1. The van der Waals surface area contributed by atoms with Gasteiger partial charge < -0.3 is 10.7 Å². The summed E-state index contributed by atoms with van der Waals surface area (Å²) in [6, 6.07) is 15.1. The van der Waals surface area contributed by atoms with E-state index in [4.69, 9.17) is 5.73 Å². The van der Waals surface area contributed by atoms with Gasteiger partial charge in [0.2, 0.25) is 0 Å². The highest BCUT2D eigenvalue weighted by molar-refractivity contribution is 5.77. The summed E-state index contributed by atoms with van der Waals surface area (Å²) in [5.41, 5.74) is 8.29. The number of nitrogen functional groups attached to an aromatic ring is 1. The molecule has 0 aliphatic carbocycles. The number of para-hydroxylation sites is 1. The summed E-state index contributed by atoms with van der Waals surface area (Å²) >= 11 is 0. The maximum absolute atomic E-state index is 11.9. The molecule has 3 aromatic rings. The van der Waals surface area contributed by atoms with Crippen LogP contribution in [0.4, 0.5) is 5.69 Å². The van der Waals surface area contributed by atoms with E-state index in [0.717, 1.165) is 23.2 Å². The Morgan fingerprint density at radius 2 is 1.90 bits per heavy atom. The topological polar surface area (TPSA) is 71.8 Å². The second-order valence-corrected chi connectivity index (χ2v) is 4.77. The van der Waals surface area contributed by atoms with Crippen LogP contribution in [0.5, 0.6) is 0 Å². The lowest BCUT2D eigenvalue weighted by Gasteiger charge is -2.04. The number of fused-ring (bicyclic) bond motifs is 1. The zero-order chi connectivity index (χ0) is 13.9. The predicted molar refractivity (Wildman–Crippen MR) is 80.6 cm³/mol. The van der Waals surface area contributed by atoms with Crippen LogP contribution in [-0.4, -0.2) is 9.97 Å². The number of hydrogen-bond acceptors (Lipinski definition) is 3. The molecule has 0 saturated heterocycles. The number of nitrogens with one attached hydrogen (secondary N) is 1. The molecule has 20 heavy (non-hydrogen) atoms. The Balaban J connectivity index is 1.86. The number of aryl methyl sites for hydroxylation is 2. The fourth-order valence-corrected chi connectivity index (χ4v) is 2.26. The van der Waals surface area contributed by atoms with E-state index in [2.05, 4.69) is 9.97 Å². The number of aromatic nitrogens is 2. The largest absolute Gasteiger partial charge is 0.399 e. The summed E-state index contributed by atoms with van der Waals surface area (Å²) in [5, 5.41) is 0.625. The Morgan fingerprint density at radius 3 is 2.75 bits per heavy atom. The van der Waals surface area contributed by atoms with E-state index in [9.17, 15) is 4.79 Å². The first-order valence-corrected chi connectivity index (χ1v) is 6.55. The van der Waals surface area contributed by atoms with Gasteiger partial charge in [0.1, 0.15) is 5.82 Å². The molecular formula is C16H15N3O. The van der Waals surface area contributed by atoms with Gasteiger partial charge in [-0.05, 0) is 36.2 Å². The molecule has 0 unspecified atom stereocenters. The third-order valence-electron chi connectivity index (χ3n) is 3.26. The molecule has 1 aromatic heterocycles. The van der Waals surface area contributed by atoms with Crippen molar-refractivity contribution in [1.82, 2.24) is 9.97 Å². The maximum atomic E-state index is 11.9. The van der Waals surface area contributed by atoms with Crippen molar-refractivity contribution in [2.24, 2.45) is 0 Å². The van der Waals surface area contributed by atoms with Crippen molar-refractivity contribution in [3.63, 3.8) is 0 Å². The molecule has 3 rings (SSSR count). The molecule has 0 bridgehead atoms. The molecule has 2 aromatic carbocycles. The van der Waals surface area contributed by atoms with Crippen molar-refractivity contribution in [1.29, 1.82) is 0 Å². The lowest BCUT2D eigenvalue weighted by Crippen LogP contribution is -2.12. The molecule has 0 fully saturated rings. The normalized spacial score (nSPS) is 10.8. The van der Waals surface area contributed by atoms with Gasteiger partial charge in [0, 0.05) is 12.1 Å². The Hall–Kier alpha value is -2.62. The molecule has 4 heteroatoms. The maximum Gasteiger partial charge on any atom is 0.258 e. The number of benzene rings is 2. The second-order valence-electron chi connectivity index (χ2n) is 4.77. The van der Waals surface area contributed by atoms with Crippen LogP contribution in [0.25, 0.3) is 10.9 Å². The van der Waals surface area contributed by atoms with Crippen LogP contribution in [0.2, 0.25) is 0 Å². The highest BCUT2D eigenvalue weighted by Gasteiger charge is 2.03. The first-order valence-electron chi connectivity index (χ1n) is 6.55. The second kappa shape index (κ2) is 5.17.